The number of halogens is 1. The minimum atomic E-state index is -0.156. The van der Waals surface area contributed by atoms with Gasteiger partial charge in [0.2, 0.25) is 0 Å². The second-order valence-electron chi connectivity index (χ2n) is 5.59. The standard InChI is InChI=1S/C15H23ClN2O2/c1-15(2,11-20-3)10-18-14(19)17-8-7-12-5-4-6-13(16)9-12/h4-6,9H,7-8,10-11H2,1-3H3,(H2,17,18,19). The molecule has 0 heterocycles. The first-order valence-corrected chi connectivity index (χ1v) is 7.06. The summed E-state index contributed by atoms with van der Waals surface area (Å²) in [6.07, 6.45) is 0.759. The third-order valence-corrected chi connectivity index (χ3v) is 3.09. The van der Waals surface area contributed by atoms with Gasteiger partial charge >= 0.3 is 6.03 Å². The summed E-state index contributed by atoms with van der Waals surface area (Å²) in [5, 5.41) is 6.40. The zero-order valence-electron chi connectivity index (χ0n) is 12.3. The zero-order valence-corrected chi connectivity index (χ0v) is 13.1. The Hall–Kier alpha value is -1.26. The van der Waals surface area contributed by atoms with Gasteiger partial charge in [0.15, 0.2) is 0 Å². The van der Waals surface area contributed by atoms with Crippen LogP contribution in [0.5, 0.6) is 0 Å². The minimum absolute atomic E-state index is 0.0704. The first-order valence-electron chi connectivity index (χ1n) is 6.68. The number of amides is 2. The van der Waals surface area contributed by atoms with Crippen molar-refractivity contribution in [3.05, 3.63) is 34.9 Å². The number of urea groups is 1. The van der Waals surface area contributed by atoms with Gasteiger partial charge in [-0.15, -0.1) is 0 Å². The zero-order chi connectivity index (χ0) is 15.0. The maximum Gasteiger partial charge on any atom is 0.314 e. The fraction of sp³-hybridized carbons (Fsp3) is 0.533. The third-order valence-electron chi connectivity index (χ3n) is 2.85. The molecule has 112 valence electrons. The van der Waals surface area contributed by atoms with Crippen LogP contribution in [-0.4, -0.2) is 32.8 Å². The van der Waals surface area contributed by atoms with E-state index in [0.29, 0.717) is 24.7 Å². The SMILES string of the molecule is COCC(C)(C)CNC(=O)NCCc1cccc(Cl)c1. The molecule has 0 bridgehead atoms. The summed E-state index contributed by atoms with van der Waals surface area (Å²) in [7, 11) is 1.66. The average molecular weight is 299 g/mol. The van der Waals surface area contributed by atoms with Gasteiger partial charge in [-0.3, -0.25) is 0 Å². The third kappa shape index (κ3) is 6.78. The monoisotopic (exact) mass is 298 g/mol. The van der Waals surface area contributed by atoms with E-state index in [2.05, 4.69) is 10.6 Å². The summed E-state index contributed by atoms with van der Waals surface area (Å²) in [6, 6.07) is 7.49. The van der Waals surface area contributed by atoms with Crippen LogP contribution in [0.25, 0.3) is 0 Å². The van der Waals surface area contributed by atoms with E-state index in [1.165, 1.54) is 0 Å². The summed E-state index contributed by atoms with van der Waals surface area (Å²) < 4.78 is 5.10. The first kappa shape index (κ1) is 16.8. The number of carbonyl (C=O) groups excluding carboxylic acids is 1. The van der Waals surface area contributed by atoms with Crippen molar-refractivity contribution in [2.45, 2.75) is 20.3 Å². The van der Waals surface area contributed by atoms with Gasteiger partial charge in [0.1, 0.15) is 0 Å². The van der Waals surface area contributed by atoms with Crippen molar-refractivity contribution in [3.8, 4) is 0 Å². The van der Waals surface area contributed by atoms with Gasteiger partial charge in [-0.2, -0.15) is 0 Å². The van der Waals surface area contributed by atoms with Crippen molar-refractivity contribution >= 4 is 17.6 Å². The number of carbonyl (C=O) groups is 1. The van der Waals surface area contributed by atoms with Crippen molar-refractivity contribution in [3.63, 3.8) is 0 Å². The lowest BCUT2D eigenvalue weighted by Crippen LogP contribution is -2.42. The molecule has 0 saturated heterocycles. The number of hydrogen-bond acceptors (Lipinski definition) is 2. The molecule has 0 unspecified atom stereocenters. The molecule has 0 atom stereocenters. The molecule has 0 spiro atoms. The van der Waals surface area contributed by atoms with E-state index >= 15 is 0 Å². The van der Waals surface area contributed by atoms with Gasteiger partial charge in [0.25, 0.3) is 0 Å². The Balaban J connectivity index is 2.23. The highest BCUT2D eigenvalue weighted by Gasteiger charge is 2.18. The van der Waals surface area contributed by atoms with Gasteiger partial charge in [-0.05, 0) is 24.1 Å². The Morgan fingerprint density at radius 3 is 2.75 bits per heavy atom. The summed E-state index contributed by atoms with van der Waals surface area (Å²) in [5.41, 5.74) is 1.04. The van der Waals surface area contributed by atoms with Crippen LogP contribution in [0.4, 0.5) is 4.79 Å². The minimum Gasteiger partial charge on any atom is -0.384 e. The van der Waals surface area contributed by atoms with Crippen molar-refractivity contribution in [1.82, 2.24) is 10.6 Å². The van der Waals surface area contributed by atoms with Gasteiger partial charge in [0, 0.05) is 30.6 Å². The van der Waals surface area contributed by atoms with Crippen LogP contribution in [0, 0.1) is 5.41 Å². The van der Waals surface area contributed by atoms with Crippen LogP contribution in [0.3, 0.4) is 0 Å². The molecule has 2 N–H and O–H groups in total. The second kappa shape index (κ2) is 8.12. The molecule has 1 aromatic carbocycles. The molecule has 5 heteroatoms. The lowest BCUT2D eigenvalue weighted by atomic mass is 9.95. The number of methoxy groups -OCH3 is 1. The van der Waals surface area contributed by atoms with E-state index in [9.17, 15) is 4.79 Å². The lowest BCUT2D eigenvalue weighted by Gasteiger charge is -2.23. The predicted molar refractivity (Wildman–Crippen MR) is 82.2 cm³/mol. The van der Waals surface area contributed by atoms with Gasteiger partial charge in [0.05, 0.1) is 6.61 Å². The molecule has 20 heavy (non-hydrogen) atoms. The van der Waals surface area contributed by atoms with Crippen LogP contribution >= 0.6 is 11.6 Å². The van der Waals surface area contributed by atoms with Crippen molar-refractivity contribution in [2.75, 3.05) is 26.8 Å². The number of hydrogen-bond donors (Lipinski definition) is 2. The first-order chi connectivity index (χ1) is 9.43. The van der Waals surface area contributed by atoms with E-state index in [4.69, 9.17) is 16.3 Å². The van der Waals surface area contributed by atoms with Gasteiger partial charge < -0.3 is 15.4 Å². The molecular weight excluding hydrogens is 276 g/mol. The molecule has 0 aromatic heterocycles. The summed E-state index contributed by atoms with van der Waals surface area (Å²) in [4.78, 5) is 11.7. The molecule has 0 saturated carbocycles. The van der Waals surface area contributed by atoms with E-state index in [1.807, 2.05) is 38.1 Å². The van der Waals surface area contributed by atoms with Crippen LogP contribution in [0.15, 0.2) is 24.3 Å². The second-order valence-corrected chi connectivity index (χ2v) is 6.02. The summed E-state index contributed by atoms with van der Waals surface area (Å²) >= 11 is 5.90. The Bertz CT molecular complexity index is 436. The van der Waals surface area contributed by atoms with E-state index in [0.717, 1.165) is 12.0 Å². The van der Waals surface area contributed by atoms with E-state index < -0.39 is 0 Å². The molecular formula is C15H23ClN2O2. The number of rotatable bonds is 7. The molecule has 0 fully saturated rings. The molecule has 2 amide bonds. The van der Waals surface area contributed by atoms with Gasteiger partial charge in [-0.1, -0.05) is 37.6 Å². The van der Waals surface area contributed by atoms with Crippen molar-refractivity contribution in [2.24, 2.45) is 5.41 Å². The Labute approximate surface area is 125 Å². The average Bonchev–Trinajstić information content (AvgIpc) is 2.37. The Morgan fingerprint density at radius 2 is 2.10 bits per heavy atom. The quantitative estimate of drug-likeness (QED) is 0.813. The Morgan fingerprint density at radius 1 is 1.35 bits per heavy atom. The predicted octanol–water partition coefficient (Wildman–Crippen LogP) is 2.85. The number of ether oxygens (including phenoxy) is 1. The van der Waals surface area contributed by atoms with Crippen molar-refractivity contribution < 1.29 is 9.53 Å². The molecule has 0 aliphatic carbocycles. The maximum absolute atomic E-state index is 11.7. The fourth-order valence-electron chi connectivity index (χ4n) is 1.84. The molecule has 1 aromatic rings. The summed E-state index contributed by atoms with van der Waals surface area (Å²) in [5.74, 6) is 0. The van der Waals surface area contributed by atoms with Crippen LogP contribution < -0.4 is 10.6 Å². The smallest absolute Gasteiger partial charge is 0.314 e. The lowest BCUT2D eigenvalue weighted by molar-refractivity contribution is 0.105. The number of benzene rings is 1. The molecule has 0 aliphatic rings. The largest absolute Gasteiger partial charge is 0.384 e. The highest BCUT2D eigenvalue weighted by molar-refractivity contribution is 6.30. The Kier molecular flexibility index (Phi) is 6.82. The maximum atomic E-state index is 11.7. The highest BCUT2D eigenvalue weighted by Crippen LogP contribution is 2.13. The van der Waals surface area contributed by atoms with Crippen LogP contribution in [0.2, 0.25) is 5.02 Å². The summed E-state index contributed by atoms with van der Waals surface area (Å²) in [6.45, 7) is 5.85. The van der Waals surface area contributed by atoms with E-state index in [-0.39, 0.29) is 11.4 Å². The van der Waals surface area contributed by atoms with Gasteiger partial charge in [-0.25, -0.2) is 4.79 Å². The van der Waals surface area contributed by atoms with Crippen LogP contribution in [0.1, 0.15) is 19.4 Å². The topological polar surface area (TPSA) is 50.4 Å². The molecule has 4 nitrogen and oxygen atoms in total. The fourth-order valence-corrected chi connectivity index (χ4v) is 2.05. The molecule has 0 aliphatic heterocycles. The van der Waals surface area contributed by atoms with E-state index in [1.54, 1.807) is 7.11 Å². The molecule has 0 radical (unpaired) electrons. The van der Waals surface area contributed by atoms with Crippen LogP contribution in [-0.2, 0) is 11.2 Å². The normalized spacial score (nSPS) is 11.2. The molecule has 1 rings (SSSR count). The number of nitrogens with one attached hydrogen (secondary N) is 2. The van der Waals surface area contributed by atoms with Crippen molar-refractivity contribution in [1.29, 1.82) is 0 Å². The highest BCUT2D eigenvalue weighted by atomic mass is 35.5.